The summed E-state index contributed by atoms with van der Waals surface area (Å²) in [5.74, 6) is 0. The van der Waals surface area contributed by atoms with Crippen molar-refractivity contribution < 1.29 is 4.74 Å². The lowest BCUT2D eigenvalue weighted by Crippen LogP contribution is -2.41. The Morgan fingerprint density at radius 1 is 1.26 bits per heavy atom. The standard InChI is InChI=1S/C16H30N2O/c1-3-12-18-16(2,14-17)11-7-8-13-19-15-9-5-4-6-10-15/h15,18H,3-13H2,1-2H3. The minimum absolute atomic E-state index is 0.360. The Hall–Kier alpha value is -0.590. The highest BCUT2D eigenvalue weighted by atomic mass is 16.5. The normalized spacial score (nSPS) is 19.8. The zero-order valence-corrected chi connectivity index (χ0v) is 12.7. The summed E-state index contributed by atoms with van der Waals surface area (Å²) in [6.07, 6.45) is 11.2. The second-order valence-corrected chi connectivity index (χ2v) is 5.96. The maximum absolute atomic E-state index is 9.23. The molecule has 0 aromatic heterocycles. The molecule has 3 heteroatoms. The van der Waals surface area contributed by atoms with Gasteiger partial charge in [0.05, 0.1) is 12.2 Å². The quantitative estimate of drug-likeness (QED) is 0.646. The first-order chi connectivity index (χ1) is 9.20. The van der Waals surface area contributed by atoms with Crippen LogP contribution in [0.3, 0.4) is 0 Å². The molecule has 0 amide bonds. The van der Waals surface area contributed by atoms with E-state index in [0.29, 0.717) is 6.10 Å². The van der Waals surface area contributed by atoms with E-state index in [2.05, 4.69) is 18.3 Å². The van der Waals surface area contributed by atoms with E-state index in [0.717, 1.165) is 38.8 Å². The molecule has 1 rings (SSSR count). The lowest BCUT2D eigenvalue weighted by atomic mass is 9.96. The molecule has 1 N–H and O–H groups in total. The molecule has 0 aromatic rings. The highest BCUT2D eigenvalue weighted by molar-refractivity contribution is 5.03. The Balaban J connectivity index is 2.06. The summed E-state index contributed by atoms with van der Waals surface area (Å²) < 4.78 is 5.91. The van der Waals surface area contributed by atoms with E-state index in [-0.39, 0.29) is 5.54 Å². The smallest absolute Gasteiger partial charge is 0.103 e. The average molecular weight is 266 g/mol. The Morgan fingerprint density at radius 3 is 2.63 bits per heavy atom. The van der Waals surface area contributed by atoms with Crippen LogP contribution < -0.4 is 5.32 Å². The number of rotatable bonds is 9. The second kappa shape index (κ2) is 9.34. The van der Waals surface area contributed by atoms with E-state index < -0.39 is 0 Å². The number of nitrogens with zero attached hydrogens (tertiary/aromatic N) is 1. The molecule has 0 aliphatic heterocycles. The number of nitrogens with one attached hydrogen (secondary N) is 1. The fourth-order valence-corrected chi connectivity index (χ4v) is 2.65. The Morgan fingerprint density at radius 2 is 2.00 bits per heavy atom. The largest absolute Gasteiger partial charge is 0.378 e. The summed E-state index contributed by atoms with van der Waals surface area (Å²) in [4.78, 5) is 0. The van der Waals surface area contributed by atoms with E-state index in [1.165, 1.54) is 32.1 Å². The average Bonchev–Trinajstić information content (AvgIpc) is 2.46. The van der Waals surface area contributed by atoms with Crippen LogP contribution in [-0.4, -0.2) is 24.8 Å². The van der Waals surface area contributed by atoms with Gasteiger partial charge in [0.15, 0.2) is 0 Å². The van der Waals surface area contributed by atoms with Gasteiger partial charge in [0, 0.05) is 6.61 Å². The van der Waals surface area contributed by atoms with Gasteiger partial charge in [-0.1, -0.05) is 26.2 Å². The zero-order valence-electron chi connectivity index (χ0n) is 12.7. The van der Waals surface area contributed by atoms with E-state index >= 15 is 0 Å². The number of ether oxygens (including phenoxy) is 1. The molecule has 1 aliphatic carbocycles. The van der Waals surface area contributed by atoms with Crippen molar-refractivity contribution >= 4 is 0 Å². The van der Waals surface area contributed by atoms with E-state index in [9.17, 15) is 5.26 Å². The van der Waals surface area contributed by atoms with Crippen LogP contribution in [0.4, 0.5) is 0 Å². The van der Waals surface area contributed by atoms with Crippen molar-refractivity contribution in [1.29, 1.82) is 5.26 Å². The summed E-state index contributed by atoms with van der Waals surface area (Å²) in [6.45, 7) is 5.91. The monoisotopic (exact) mass is 266 g/mol. The maximum atomic E-state index is 9.23. The van der Waals surface area contributed by atoms with Crippen molar-refractivity contribution in [3.63, 3.8) is 0 Å². The predicted octanol–water partition coefficient (Wildman–Crippen LogP) is 3.79. The van der Waals surface area contributed by atoms with Crippen LogP contribution in [-0.2, 0) is 4.74 Å². The van der Waals surface area contributed by atoms with E-state index in [1.807, 2.05) is 6.92 Å². The Bertz CT molecular complexity index is 268. The van der Waals surface area contributed by atoms with Gasteiger partial charge in [0.25, 0.3) is 0 Å². The van der Waals surface area contributed by atoms with Gasteiger partial charge in [0.2, 0.25) is 0 Å². The molecule has 1 unspecified atom stereocenters. The molecule has 0 radical (unpaired) electrons. The molecule has 1 saturated carbocycles. The molecular formula is C16H30N2O. The first-order valence-corrected chi connectivity index (χ1v) is 7.98. The molecule has 3 nitrogen and oxygen atoms in total. The third kappa shape index (κ3) is 6.94. The third-order valence-electron chi connectivity index (χ3n) is 3.99. The van der Waals surface area contributed by atoms with Gasteiger partial charge in [-0.25, -0.2) is 0 Å². The molecule has 0 spiro atoms. The Labute approximate surface area is 118 Å². The van der Waals surface area contributed by atoms with Crippen LogP contribution in [0.15, 0.2) is 0 Å². The molecule has 0 bridgehead atoms. The predicted molar refractivity (Wildman–Crippen MR) is 79.0 cm³/mol. The highest BCUT2D eigenvalue weighted by Gasteiger charge is 2.21. The molecule has 0 aromatic carbocycles. The zero-order chi connectivity index (χ0) is 14.0. The highest BCUT2D eigenvalue weighted by Crippen LogP contribution is 2.21. The second-order valence-electron chi connectivity index (χ2n) is 5.96. The summed E-state index contributed by atoms with van der Waals surface area (Å²) in [6, 6.07) is 2.40. The van der Waals surface area contributed by atoms with Gasteiger partial charge in [-0.15, -0.1) is 0 Å². The molecule has 1 fully saturated rings. The van der Waals surface area contributed by atoms with Crippen molar-refractivity contribution in [3.05, 3.63) is 0 Å². The van der Waals surface area contributed by atoms with Crippen molar-refractivity contribution in [2.45, 2.75) is 83.3 Å². The van der Waals surface area contributed by atoms with Crippen LogP contribution >= 0.6 is 0 Å². The van der Waals surface area contributed by atoms with Crippen LogP contribution in [0.5, 0.6) is 0 Å². The molecule has 110 valence electrons. The fourth-order valence-electron chi connectivity index (χ4n) is 2.65. The van der Waals surface area contributed by atoms with E-state index in [1.54, 1.807) is 0 Å². The Kier molecular flexibility index (Phi) is 8.09. The van der Waals surface area contributed by atoms with Crippen molar-refractivity contribution in [2.24, 2.45) is 0 Å². The molecule has 1 atom stereocenters. The van der Waals surface area contributed by atoms with Crippen LogP contribution in [0, 0.1) is 11.3 Å². The minimum Gasteiger partial charge on any atom is -0.378 e. The number of nitriles is 1. The number of unbranched alkanes of at least 4 members (excludes halogenated alkanes) is 1. The summed E-state index contributed by atoms with van der Waals surface area (Å²) in [7, 11) is 0. The topological polar surface area (TPSA) is 45.0 Å². The van der Waals surface area contributed by atoms with Crippen LogP contribution in [0.25, 0.3) is 0 Å². The van der Waals surface area contributed by atoms with Gasteiger partial charge in [-0.2, -0.15) is 5.26 Å². The molecule has 19 heavy (non-hydrogen) atoms. The van der Waals surface area contributed by atoms with Crippen LogP contribution in [0.2, 0.25) is 0 Å². The van der Waals surface area contributed by atoms with Crippen molar-refractivity contribution in [2.75, 3.05) is 13.2 Å². The van der Waals surface area contributed by atoms with Gasteiger partial charge in [0.1, 0.15) is 5.54 Å². The lowest BCUT2D eigenvalue weighted by Gasteiger charge is -2.24. The molecule has 0 heterocycles. The minimum atomic E-state index is -0.360. The fraction of sp³-hybridized carbons (Fsp3) is 0.938. The van der Waals surface area contributed by atoms with E-state index in [4.69, 9.17) is 4.74 Å². The number of hydrogen-bond donors (Lipinski definition) is 1. The number of hydrogen-bond acceptors (Lipinski definition) is 3. The first kappa shape index (κ1) is 16.5. The van der Waals surface area contributed by atoms with Gasteiger partial charge >= 0.3 is 0 Å². The summed E-state index contributed by atoms with van der Waals surface area (Å²) in [5.41, 5.74) is -0.360. The van der Waals surface area contributed by atoms with Crippen molar-refractivity contribution in [3.8, 4) is 6.07 Å². The first-order valence-electron chi connectivity index (χ1n) is 7.98. The third-order valence-corrected chi connectivity index (χ3v) is 3.99. The lowest BCUT2D eigenvalue weighted by molar-refractivity contribution is 0.0259. The summed E-state index contributed by atoms with van der Waals surface area (Å²) in [5, 5.41) is 12.6. The maximum Gasteiger partial charge on any atom is 0.103 e. The molecule has 0 saturated heterocycles. The van der Waals surface area contributed by atoms with Crippen LogP contribution in [0.1, 0.15) is 71.6 Å². The van der Waals surface area contributed by atoms with Gasteiger partial charge < -0.3 is 4.74 Å². The summed E-state index contributed by atoms with van der Waals surface area (Å²) >= 11 is 0. The molecule has 1 aliphatic rings. The SMILES string of the molecule is CCCNC(C)(C#N)CCCCOC1CCCCC1. The molecular weight excluding hydrogens is 236 g/mol. The van der Waals surface area contributed by atoms with Crippen molar-refractivity contribution in [1.82, 2.24) is 5.32 Å². The van der Waals surface area contributed by atoms with Gasteiger partial charge in [-0.3, -0.25) is 5.32 Å². The van der Waals surface area contributed by atoms with Gasteiger partial charge in [-0.05, 0) is 52.0 Å².